The van der Waals surface area contributed by atoms with Crippen LogP contribution in [0.4, 0.5) is 0 Å². The third-order valence-electron chi connectivity index (χ3n) is 2.84. The molecule has 2 aromatic rings. The number of nitrogens with one attached hydrogen (secondary N) is 1. The van der Waals surface area contributed by atoms with E-state index in [4.69, 9.17) is 21.8 Å². The van der Waals surface area contributed by atoms with E-state index < -0.39 is 0 Å². The molecule has 0 atom stereocenters. The summed E-state index contributed by atoms with van der Waals surface area (Å²) in [6, 6.07) is 10.5. The summed E-state index contributed by atoms with van der Waals surface area (Å²) < 4.78 is 5.50. The lowest BCUT2D eigenvalue weighted by Gasteiger charge is -2.02. The van der Waals surface area contributed by atoms with Gasteiger partial charge in [0.05, 0.1) is 0 Å². The lowest BCUT2D eigenvalue weighted by atomic mass is 10.2. The molecule has 0 saturated heterocycles. The van der Waals surface area contributed by atoms with Crippen molar-refractivity contribution in [1.82, 2.24) is 5.32 Å². The van der Waals surface area contributed by atoms with Crippen molar-refractivity contribution < 1.29 is 14.0 Å². The molecule has 21 heavy (non-hydrogen) atoms. The average molecular weight is 307 g/mol. The fraction of sp³-hybridized carbons (Fsp3) is 0.200. The van der Waals surface area contributed by atoms with E-state index in [9.17, 15) is 9.59 Å². The highest BCUT2D eigenvalue weighted by atomic mass is 35.5. The van der Waals surface area contributed by atoms with E-state index in [1.807, 2.05) is 12.1 Å². The van der Waals surface area contributed by atoms with Gasteiger partial charge in [-0.15, -0.1) is 0 Å². The molecule has 0 unspecified atom stereocenters. The third kappa shape index (κ3) is 4.36. The first kappa shape index (κ1) is 15.1. The maximum absolute atomic E-state index is 11.8. The summed E-state index contributed by atoms with van der Waals surface area (Å²) >= 11 is 5.82. The highest BCUT2D eigenvalue weighted by Gasteiger charge is 2.11. The number of benzene rings is 1. The molecule has 1 aromatic carbocycles. The summed E-state index contributed by atoms with van der Waals surface area (Å²) in [6.45, 7) is 0.374. The van der Waals surface area contributed by atoms with Gasteiger partial charge in [0.15, 0.2) is 5.76 Å². The van der Waals surface area contributed by atoms with E-state index in [2.05, 4.69) is 5.32 Å². The fourth-order valence-electron chi connectivity index (χ4n) is 1.78. The molecular weight excluding hydrogens is 292 g/mol. The monoisotopic (exact) mass is 306 g/mol. The van der Waals surface area contributed by atoms with Crippen molar-refractivity contribution in [3.05, 3.63) is 47.2 Å². The Bertz CT molecular complexity index is 635. The molecule has 2 amide bonds. The van der Waals surface area contributed by atoms with Crippen LogP contribution in [-0.4, -0.2) is 18.4 Å². The van der Waals surface area contributed by atoms with Crippen molar-refractivity contribution in [1.29, 1.82) is 0 Å². The van der Waals surface area contributed by atoms with Crippen molar-refractivity contribution in [3.63, 3.8) is 0 Å². The van der Waals surface area contributed by atoms with Crippen LogP contribution in [0.5, 0.6) is 0 Å². The molecule has 0 bridgehead atoms. The zero-order chi connectivity index (χ0) is 15.2. The number of carbonyl (C=O) groups is 2. The molecule has 2 rings (SSSR count). The van der Waals surface area contributed by atoms with E-state index >= 15 is 0 Å². The van der Waals surface area contributed by atoms with Gasteiger partial charge in [0.1, 0.15) is 5.76 Å². The second-order valence-electron chi connectivity index (χ2n) is 4.50. The van der Waals surface area contributed by atoms with Crippen LogP contribution in [0.15, 0.2) is 40.8 Å². The van der Waals surface area contributed by atoms with E-state index in [0.717, 1.165) is 5.56 Å². The summed E-state index contributed by atoms with van der Waals surface area (Å²) in [7, 11) is 0. The highest BCUT2D eigenvalue weighted by Crippen LogP contribution is 2.23. The summed E-state index contributed by atoms with van der Waals surface area (Å²) in [6.07, 6.45) is 0.750. The molecule has 0 saturated carbocycles. The number of furan rings is 1. The fourth-order valence-corrected chi connectivity index (χ4v) is 1.91. The van der Waals surface area contributed by atoms with Crippen molar-refractivity contribution >= 4 is 23.4 Å². The van der Waals surface area contributed by atoms with Crippen LogP contribution in [0.25, 0.3) is 11.3 Å². The molecule has 0 spiro atoms. The first-order valence-electron chi connectivity index (χ1n) is 6.48. The van der Waals surface area contributed by atoms with Crippen LogP contribution in [0.3, 0.4) is 0 Å². The molecule has 0 aliphatic heterocycles. The van der Waals surface area contributed by atoms with Gasteiger partial charge < -0.3 is 15.5 Å². The van der Waals surface area contributed by atoms with Gasteiger partial charge in [-0.05, 0) is 42.8 Å². The molecule has 0 fully saturated rings. The van der Waals surface area contributed by atoms with Gasteiger partial charge in [-0.2, -0.15) is 0 Å². The number of hydrogen-bond acceptors (Lipinski definition) is 3. The standard InChI is InChI=1S/C15H15ClN2O3/c16-11-5-3-10(4-6-11)12-7-8-13(21-12)15(20)18-9-1-2-14(17)19/h3-8H,1-2,9H2,(H2,17,19)(H,18,20). The van der Waals surface area contributed by atoms with Crippen molar-refractivity contribution in [2.45, 2.75) is 12.8 Å². The van der Waals surface area contributed by atoms with E-state index in [-0.39, 0.29) is 24.0 Å². The van der Waals surface area contributed by atoms with Crippen molar-refractivity contribution in [3.8, 4) is 11.3 Å². The number of halogens is 1. The molecule has 5 nitrogen and oxygen atoms in total. The van der Waals surface area contributed by atoms with Crippen molar-refractivity contribution in [2.75, 3.05) is 6.54 Å². The molecule has 3 N–H and O–H groups in total. The highest BCUT2D eigenvalue weighted by molar-refractivity contribution is 6.30. The Kier molecular flexibility index (Phi) is 5.00. The Morgan fingerprint density at radius 3 is 2.52 bits per heavy atom. The SMILES string of the molecule is NC(=O)CCCNC(=O)c1ccc(-c2ccc(Cl)cc2)o1. The minimum absolute atomic E-state index is 0.221. The lowest BCUT2D eigenvalue weighted by molar-refractivity contribution is -0.118. The molecule has 1 heterocycles. The number of nitrogens with two attached hydrogens (primary N) is 1. The minimum Gasteiger partial charge on any atom is -0.451 e. The molecule has 0 aliphatic carbocycles. The number of primary amides is 1. The van der Waals surface area contributed by atoms with Gasteiger partial charge in [-0.25, -0.2) is 0 Å². The number of amides is 2. The molecule has 110 valence electrons. The molecule has 1 aromatic heterocycles. The van der Waals surface area contributed by atoms with Gasteiger partial charge in [-0.1, -0.05) is 11.6 Å². The van der Waals surface area contributed by atoms with E-state index in [1.54, 1.807) is 24.3 Å². The molecule has 0 aliphatic rings. The van der Waals surface area contributed by atoms with E-state index in [1.165, 1.54) is 0 Å². The molecule has 0 radical (unpaired) electrons. The normalized spacial score (nSPS) is 10.3. The van der Waals surface area contributed by atoms with Gasteiger partial charge in [0.25, 0.3) is 5.91 Å². The maximum Gasteiger partial charge on any atom is 0.287 e. The van der Waals surface area contributed by atoms with Gasteiger partial charge in [0.2, 0.25) is 5.91 Å². The van der Waals surface area contributed by atoms with E-state index in [0.29, 0.717) is 23.7 Å². The van der Waals surface area contributed by atoms with Crippen LogP contribution in [0, 0.1) is 0 Å². The number of rotatable bonds is 6. The number of carbonyl (C=O) groups excluding carboxylic acids is 2. The Labute approximate surface area is 127 Å². The van der Waals surface area contributed by atoms with Crippen LogP contribution >= 0.6 is 11.6 Å². The van der Waals surface area contributed by atoms with Crippen molar-refractivity contribution in [2.24, 2.45) is 5.73 Å². The first-order valence-corrected chi connectivity index (χ1v) is 6.86. The quantitative estimate of drug-likeness (QED) is 0.804. The smallest absolute Gasteiger partial charge is 0.287 e. The molecule has 6 heteroatoms. The minimum atomic E-state index is -0.382. The second kappa shape index (κ2) is 6.95. The second-order valence-corrected chi connectivity index (χ2v) is 4.93. The van der Waals surface area contributed by atoms with Crippen LogP contribution < -0.4 is 11.1 Å². The Hall–Kier alpha value is -2.27. The van der Waals surface area contributed by atoms with Crippen LogP contribution in [0.1, 0.15) is 23.4 Å². The largest absolute Gasteiger partial charge is 0.451 e. The Balaban J connectivity index is 1.94. The summed E-state index contributed by atoms with van der Waals surface area (Å²) in [5, 5.41) is 3.30. The van der Waals surface area contributed by atoms with Gasteiger partial charge >= 0.3 is 0 Å². The Morgan fingerprint density at radius 2 is 1.86 bits per heavy atom. The summed E-state index contributed by atoms with van der Waals surface area (Å²) in [5.41, 5.74) is 5.86. The predicted molar refractivity (Wildman–Crippen MR) is 79.9 cm³/mol. The topological polar surface area (TPSA) is 85.3 Å². The predicted octanol–water partition coefficient (Wildman–Crippen LogP) is 2.60. The Morgan fingerprint density at radius 1 is 1.14 bits per heavy atom. The summed E-state index contributed by atoms with van der Waals surface area (Å²) in [4.78, 5) is 22.4. The maximum atomic E-state index is 11.8. The van der Waals surface area contributed by atoms with Gasteiger partial charge in [0, 0.05) is 23.6 Å². The van der Waals surface area contributed by atoms with Gasteiger partial charge in [-0.3, -0.25) is 9.59 Å². The molecular formula is C15H15ClN2O3. The lowest BCUT2D eigenvalue weighted by Crippen LogP contribution is -2.25. The van der Waals surface area contributed by atoms with Crippen LogP contribution in [0.2, 0.25) is 5.02 Å². The third-order valence-corrected chi connectivity index (χ3v) is 3.10. The zero-order valence-corrected chi connectivity index (χ0v) is 12.0. The first-order chi connectivity index (χ1) is 10.1. The van der Waals surface area contributed by atoms with Crippen LogP contribution in [-0.2, 0) is 4.79 Å². The summed E-state index contributed by atoms with van der Waals surface area (Å²) in [5.74, 6) is 0.111. The zero-order valence-electron chi connectivity index (χ0n) is 11.3. The average Bonchev–Trinajstić information content (AvgIpc) is 2.94. The number of hydrogen-bond donors (Lipinski definition) is 2.